The number of alkyl halides is 1. The number of para-hydroxylation sites is 2. The highest BCUT2D eigenvalue weighted by Crippen LogP contribution is 2.30. The van der Waals surface area contributed by atoms with Crippen molar-refractivity contribution >= 4 is 11.6 Å². The molecule has 0 saturated carbocycles. The Morgan fingerprint density at radius 1 is 1.11 bits per heavy atom. The average Bonchev–Trinajstić information content (AvgIpc) is 2.47. The van der Waals surface area contributed by atoms with Gasteiger partial charge in [-0.3, -0.25) is 4.98 Å². The summed E-state index contributed by atoms with van der Waals surface area (Å²) in [6.45, 7) is 2.71. The molecule has 2 rings (SSSR count). The number of halogens is 1. The van der Waals surface area contributed by atoms with Crippen molar-refractivity contribution in [2.75, 3.05) is 6.61 Å². The molecule has 0 fully saturated rings. The van der Waals surface area contributed by atoms with E-state index in [1.165, 1.54) is 0 Å². The Hall–Kier alpha value is -1.81. The number of nitrogens with zero attached hydrogens (tertiary/aromatic N) is 2. The Labute approximate surface area is 117 Å². The van der Waals surface area contributed by atoms with Crippen LogP contribution in [0.2, 0.25) is 0 Å². The summed E-state index contributed by atoms with van der Waals surface area (Å²) in [6, 6.07) is 7.49. The number of aromatic nitrogens is 2. The average molecular weight is 279 g/mol. The Balaban J connectivity index is 2.12. The van der Waals surface area contributed by atoms with Gasteiger partial charge in [-0.15, -0.1) is 11.6 Å². The van der Waals surface area contributed by atoms with Gasteiger partial charge in [-0.05, 0) is 18.6 Å². The summed E-state index contributed by atoms with van der Waals surface area (Å²) in [7, 11) is 0. The molecular weight excluding hydrogens is 264 g/mol. The molecule has 19 heavy (non-hydrogen) atoms. The van der Waals surface area contributed by atoms with Gasteiger partial charge in [0.1, 0.15) is 0 Å². The first-order valence-electron chi connectivity index (χ1n) is 6.10. The zero-order chi connectivity index (χ0) is 13.5. The topological polar surface area (TPSA) is 44.2 Å². The Bertz CT molecular complexity index is 517. The molecule has 1 heterocycles. The molecule has 4 nitrogen and oxygen atoms in total. The van der Waals surface area contributed by atoms with Gasteiger partial charge in [-0.25, -0.2) is 4.98 Å². The number of benzene rings is 1. The second-order valence-corrected chi connectivity index (χ2v) is 4.14. The third kappa shape index (κ3) is 3.83. The molecule has 0 atom stereocenters. The SMILES string of the molecule is CCCOc1ccccc1Oc1cnc(CCl)cn1. The lowest BCUT2D eigenvalue weighted by Gasteiger charge is -2.10. The lowest BCUT2D eigenvalue weighted by Crippen LogP contribution is -1.98. The smallest absolute Gasteiger partial charge is 0.238 e. The summed E-state index contributed by atoms with van der Waals surface area (Å²) in [5, 5.41) is 0. The fourth-order valence-corrected chi connectivity index (χ4v) is 1.58. The fourth-order valence-electron chi connectivity index (χ4n) is 1.44. The Kier molecular flexibility index (Phi) is 4.98. The van der Waals surface area contributed by atoms with E-state index in [0.717, 1.165) is 6.42 Å². The summed E-state index contributed by atoms with van der Waals surface area (Å²) in [5.74, 6) is 2.08. The minimum absolute atomic E-state index is 0.337. The first-order chi connectivity index (χ1) is 9.33. The van der Waals surface area contributed by atoms with Gasteiger partial charge < -0.3 is 9.47 Å². The zero-order valence-corrected chi connectivity index (χ0v) is 11.4. The lowest BCUT2D eigenvalue weighted by molar-refractivity contribution is 0.300. The predicted molar refractivity (Wildman–Crippen MR) is 73.9 cm³/mol. The molecule has 5 heteroatoms. The molecule has 0 aliphatic rings. The third-order valence-corrected chi connectivity index (χ3v) is 2.62. The monoisotopic (exact) mass is 278 g/mol. The second kappa shape index (κ2) is 6.95. The van der Waals surface area contributed by atoms with Gasteiger partial charge in [-0.1, -0.05) is 19.1 Å². The van der Waals surface area contributed by atoms with Crippen molar-refractivity contribution < 1.29 is 9.47 Å². The van der Waals surface area contributed by atoms with Crippen LogP contribution in [0.15, 0.2) is 36.7 Å². The van der Waals surface area contributed by atoms with Crippen LogP contribution in [0.4, 0.5) is 0 Å². The van der Waals surface area contributed by atoms with Gasteiger partial charge in [-0.2, -0.15) is 0 Å². The van der Waals surface area contributed by atoms with Crippen molar-refractivity contribution in [2.24, 2.45) is 0 Å². The molecular formula is C14H15ClN2O2. The van der Waals surface area contributed by atoms with E-state index < -0.39 is 0 Å². The summed E-state index contributed by atoms with van der Waals surface area (Å²) in [4.78, 5) is 8.27. The van der Waals surface area contributed by atoms with Crippen LogP contribution in [0, 0.1) is 0 Å². The zero-order valence-electron chi connectivity index (χ0n) is 10.7. The van der Waals surface area contributed by atoms with Crippen molar-refractivity contribution in [2.45, 2.75) is 19.2 Å². The third-order valence-electron chi connectivity index (χ3n) is 2.34. The Morgan fingerprint density at radius 2 is 1.89 bits per heavy atom. The largest absolute Gasteiger partial charge is 0.490 e. The summed E-state index contributed by atoms with van der Waals surface area (Å²) >= 11 is 5.66. The van der Waals surface area contributed by atoms with Crippen LogP contribution in [0.1, 0.15) is 19.0 Å². The molecule has 0 amide bonds. The minimum Gasteiger partial charge on any atom is -0.490 e. The highest BCUT2D eigenvalue weighted by atomic mass is 35.5. The normalized spacial score (nSPS) is 10.2. The molecule has 1 aromatic heterocycles. The standard InChI is InChI=1S/C14H15ClN2O2/c1-2-7-18-12-5-3-4-6-13(12)19-14-10-16-11(8-15)9-17-14/h3-6,9-10H,2,7-8H2,1H3. The van der Waals surface area contributed by atoms with Gasteiger partial charge in [0, 0.05) is 0 Å². The number of rotatable bonds is 6. The van der Waals surface area contributed by atoms with Gasteiger partial charge in [0.15, 0.2) is 11.5 Å². The van der Waals surface area contributed by atoms with E-state index >= 15 is 0 Å². The van der Waals surface area contributed by atoms with E-state index in [-0.39, 0.29) is 0 Å². The molecule has 0 radical (unpaired) electrons. The molecule has 0 aliphatic heterocycles. The van der Waals surface area contributed by atoms with Crippen LogP contribution in [0.3, 0.4) is 0 Å². The van der Waals surface area contributed by atoms with Crippen LogP contribution in [-0.2, 0) is 5.88 Å². The van der Waals surface area contributed by atoms with Gasteiger partial charge in [0.25, 0.3) is 0 Å². The molecule has 0 bridgehead atoms. The van der Waals surface area contributed by atoms with Crippen molar-refractivity contribution in [3.8, 4) is 17.4 Å². The van der Waals surface area contributed by atoms with Crippen molar-refractivity contribution in [1.29, 1.82) is 0 Å². The van der Waals surface area contributed by atoms with E-state index in [1.807, 2.05) is 24.3 Å². The maximum atomic E-state index is 5.66. The highest BCUT2D eigenvalue weighted by molar-refractivity contribution is 6.16. The Morgan fingerprint density at radius 3 is 2.53 bits per heavy atom. The van der Waals surface area contributed by atoms with Crippen LogP contribution in [0.25, 0.3) is 0 Å². The first-order valence-corrected chi connectivity index (χ1v) is 6.63. The van der Waals surface area contributed by atoms with E-state index in [9.17, 15) is 0 Å². The second-order valence-electron chi connectivity index (χ2n) is 3.88. The highest BCUT2D eigenvalue weighted by Gasteiger charge is 2.06. The number of hydrogen-bond acceptors (Lipinski definition) is 4. The van der Waals surface area contributed by atoms with Crippen LogP contribution in [0.5, 0.6) is 17.4 Å². The van der Waals surface area contributed by atoms with Crippen molar-refractivity contribution in [3.05, 3.63) is 42.4 Å². The van der Waals surface area contributed by atoms with Crippen LogP contribution in [-0.4, -0.2) is 16.6 Å². The van der Waals surface area contributed by atoms with E-state index in [0.29, 0.717) is 35.6 Å². The first kappa shape index (κ1) is 13.6. The quantitative estimate of drug-likeness (QED) is 0.754. The minimum atomic E-state index is 0.337. The van der Waals surface area contributed by atoms with Crippen LogP contribution < -0.4 is 9.47 Å². The molecule has 0 spiro atoms. The fraction of sp³-hybridized carbons (Fsp3) is 0.286. The maximum Gasteiger partial charge on any atom is 0.238 e. The predicted octanol–water partition coefficient (Wildman–Crippen LogP) is 3.80. The summed E-state index contributed by atoms with van der Waals surface area (Å²) in [5.41, 5.74) is 0.713. The summed E-state index contributed by atoms with van der Waals surface area (Å²) in [6.07, 6.45) is 4.09. The number of ether oxygens (including phenoxy) is 2. The van der Waals surface area contributed by atoms with Gasteiger partial charge in [0.2, 0.25) is 5.88 Å². The van der Waals surface area contributed by atoms with Gasteiger partial charge in [0.05, 0.1) is 30.6 Å². The van der Waals surface area contributed by atoms with Crippen molar-refractivity contribution in [1.82, 2.24) is 9.97 Å². The van der Waals surface area contributed by atoms with E-state index in [4.69, 9.17) is 21.1 Å². The molecule has 100 valence electrons. The number of hydrogen-bond donors (Lipinski definition) is 0. The molecule has 0 N–H and O–H groups in total. The van der Waals surface area contributed by atoms with Crippen LogP contribution >= 0.6 is 11.6 Å². The summed E-state index contributed by atoms with van der Waals surface area (Å²) < 4.78 is 11.3. The lowest BCUT2D eigenvalue weighted by atomic mass is 10.3. The van der Waals surface area contributed by atoms with Gasteiger partial charge >= 0.3 is 0 Å². The maximum absolute atomic E-state index is 5.66. The molecule has 1 aromatic carbocycles. The van der Waals surface area contributed by atoms with E-state index in [2.05, 4.69) is 16.9 Å². The molecule has 0 saturated heterocycles. The molecule has 2 aromatic rings. The molecule has 0 unspecified atom stereocenters. The van der Waals surface area contributed by atoms with E-state index in [1.54, 1.807) is 12.4 Å². The molecule has 0 aliphatic carbocycles. The van der Waals surface area contributed by atoms with Crippen molar-refractivity contribution in [3.63, 3.8) is 0 Å².